The maximum atomic E-state index is 5.24. The van der Waals surface area contributed by atoms with Crippen LogP contribution in [0.3, 0.4) is 0 Å². The van der Waals surface area contributed by atoms with Crippen molar-refractivity contribution in [3.8, 4) is 5.75 Å². The first-order valence-electron chi connectivity index (χ1n) is 6.49. The van der Waals surface area contributed by atoms with Crippen LogP contribution in [0, 0.1) is 6.92 Å². The number of para-hydroxylation sites is 2. The summed E-state index contributed by atoms with van der Waals surface area (Å²) in [4.78, 5) is 0. The molecule has 4 nitrogen and oxygen atoms in total. The Hall–Kier alpha value is -2.40. The van der Waals surface area contributed by atoms with Gasteiger partial charge in [0, 0.05) is 0 Å². The molecule has 2 aromatic carbocycles. The molecule has 0 radical (unpaired) electrons. The van der Waals surface area contributed by atoms with E-state index in [2.05, 4.69) is 15.8 Å². The maximum Gasteiger partial charge on any atom is 0.191 e. The summed E-state index contributed by atoms with van der Waals surface area (Å²) >= 11 is 5.19. The molecule has 21 heavy (non-hydrogen) atoms. The van der Waals surface area contributed by atoms with Gasteiger partial charge in [0.15, 0.2) is 5.11 Å². The number of hydrogen-bond donors (Lipinski definition) is 2. The van der Waals surface area contributed by atoms with Crippen LogP contribution in [0.15, 0.2) is 53.6 Å². The van der Waals surface area contributed by atoms with Crippen molar-refractivity contribution < 1.29 is 4.74 Å². The van der Waals surface area contributed by atoms with Crippen LogP contribution in [0.4, 0.5) is 5.69 Å². The number of benzene rings is 2. The van der Waals surface area contributed by atoms with Gasteiger partial charge in [0.2, 0.25) is 0 Å². The Morgan fingerprint density at radius 1 is 1.14 bits per heavy atom. The number of methoxy groups -OCH3 is 1. The lowest BCUT2D eigenvalue weighted by Gasteiger charge is -2.10. The molecule has 0 spiro atoms. The number of ether oxygens (including phenoxy) is 1. The van der Waals surface area contributed by atoms with Gasteiger partial charge in [0.05, 0.1) is 19.0 Å². The van der Waals surface area contributed by atoms with E-state index in [1.165, 1.54) is 5.56 Å². The molecule has 0 aliphatic rings. The summed E-state index contributed by atoms with van der Waals surface area (Å²) in [6.45, 7) is 2.05. The number of anilines is 1. The molecule has 5 heteroatoms. The fourth-order valence-corrected chi connectivity index (χ4v) is 1.88. The largest absolute Gasteiger partial charge is 0.495 e. The molecule has 108 valence electrons. The van der Waals surface area contributed by atoms with E-state index in [9.17, 15) is 0 Å². The highest BCUT2D eigenvalue weighted by atomic mass is 32.1. The van der Waals surface area contributed by atoms with Crippen LogP contribution < -0.4 is 15.5 Å². The molecule has 0 fully saturated rings. The first-order chi connectivity index (χ1) is 10.2. The predicted octanol–water partition coefficient (Wildman–Crippen LogP) is 3.32. The van der Waals surface area contributed by atoms with Crippen molar-refractivity contribution in [1.82, 2.24) is 5.43 Å². The maximum absolute atomic E-state index is 5.24. The molecule has 0 aliphatic heterocycles. The van der Waals surface area contributed by atoms with Crippen LogP contribution in [0.5, 0.6) is 5.75 Å². The minimum absolute atomic E-state index is 0.405. The van der Waals surface area contributed by atoms with Gasteiger partial charge in [-0.05, 0) is 36.8 Å². The number of nitrogens with one attached hydrogen (secondary N) is 2. The Kier molecular flexibility index (Phi) is 5.29. The van der Waals surface area contributed by atoms with Crippen molar-refractivity contribution in [3.63, 3.8) is 0 Å². The third kappa shape index (κ3) is 4.57. The van der Waals surface area contributed by atoms with Gasteiger partial charge in [-0.3, -0.25) is 5.43 Å². The van der Waals surface area contributed by atoms with E-state index in [4.69, 9.17) is 17.0 Å². The van der Waals surface area contributed by atoms with E-state index in [-0.39, 0.29) is 0 Å². The highest BCUT2D eigenvalue weighted by molar-refractivity contribution is 7.80. The highest BCUT2D eigenvalue weighted by Crippen LogP contribution is 2.22. The summed E-state index contributed by atoms with van der Waals surface area (Å²) < 4.78 is 5.24. The zero-order valence-corrected chi connectivity index (χ0v) is 12.8. The van der Waals surface area contributed by atoms with Gasteiger partial charge in [-0.1, -0.05) is 42.0 Å². The topological polar surface area (TPSA) is 45.6 Å². The van der Waals surface area contributed by atoms with E-state index >= 15 is 0 Å². The van der Waals surface area contributed by atoms with Crippen LogP contribution in [0.25, 0.3) is 0 Å². The predicted molar refractivity (Wildman–Crippen MR) is 91.1 cm³/mol. The van der Waals surface area contributed by atoms with Crippen LogP contribution in [0.2, 0.25) is 0 Å². The molecule has 0 aliphatic carbocycles. The summed E-state index contributed by atoms with van der Waals surface area (Å²) in [5.41, 5.74) is 5.80. The van der Waals surface area contributed by atoms with Crippen molar-refractivity contribution in [2.45, 2.75) is 6.92 Å². The Labute approximate surface area is 129 Å². The molecule has 0 saturated heterocycles. The Morgan fingerprint density at radius 3 is 2.57 bits per heavy atom. The molecule has 0 amide bonds. The molecule has 0 saturated carbocycles. The third-order valence-electron chi connectivity index (χ3n) is 2.81. The lowest BCUT2D eigenvalue weighted by molar-refractivity contribution is 0.417. The second-order valence-corrected chi connectivity index (χ2v) is 4.84. The second kappa shape index (κ2) is 7.40. The molecule has 2 N–H and O–H groups in total. The monoisotopic (exact) mass is 299 g/mol. The third-order valence-corrected chi connectivity index (χ3v) is 3.01. The first kappa shape index (κ1) is 15.0. The SMILES string of the molecule is COc1ccccc1NC(=S)N/N=C\c1ccc(C)cc1. The van der Waals surface area contributed by atoms with E-state index in [0.29, 0.717) is 5.11 Å². The standard InChI is InChI=1S/C16H17N3OS/c1-12-7-9-13(10-8-12)11-17-19-16(21)18-14-5-3-4-6-15(14)20-2/h3-11H,1-2H3,(H2,18,19,21)/b17-11-. The smallest absolute Gasteiger partial charge is 0.191 e. The van der Waals surface area contributed by atoms with Crippen molar-refractivity contribution in [2.24, 2.45) is 5.10 Å². The average Bonchev–Trinajstić information content (AvgIpc) is 2.50. The Morgan fingerprint density at radius 2 is 1.86 bits per heavy atom. The second-order valence-electron chi connectivity index (χ2n) is 4.44. The van der Waals surface area contributed by atoms with Gasteiger partial charge in [0.25, 0.3) is 0 Å². The van der Waals surface area contributed by atoms with Crippen LogP contribution in [0.1, 0.15) is 11.1 Å². The number of aryl methyl sites for hydroxylation is 1. The van der Waals surface area contributed by atoms with E-state index in [1.54, 1.807) is 13.3 Å². The fourth-order valence-electron chi connectivity index (χ4n) is 1.72. The summed E-state index contributed by atoms with van der Waals surface area (Å²) in [5.74, 6) is 0.726. The Balaban J connectivity index is 1.91. The van der Waals surface area contributed by atoms with E-state index in [1.807, 2.05) is 55.5 Å². The normalized spacial score (nSPS) is 10.4. The average molecular weight is 299 g/mol. The summed E-state index contributed by atoms with van der Waals surface area (Å²) in [6.07, 6.45) is 1.72. The number of hydrazone groups is 1. The molecule has 0 atom stereocenters. The van der Waals surface area contributed by atoms with Crippen molar-refractivity contribution >= 4 is 29.2 Å². The number of rotatable bonds is 4. The molecular formula is C16H17N3OS. The minimum Gasteiger partial charge on any atom is -0.495 e. The molecule has 0 heterocycles. The zero-order valence-electron chi connectivity index (χ0n) is 12.0. The summed E-state index contributed by atoms with van der Waals surface area (Å²) in [6, 6.07) is 15.6. The quantitative estimate of drug-likeness (QED) is 0.516. The van der Waals surface area contributed by atoms with E-state index in [0.717, 1.165) is 17.0 Å². The molecular weight excluding hydrogens is 282 g/mol. The number of nitrogens with zero attached hydrogens (tertiary/aromatic N) is 1. The zero-order chi connectivity index (χ0) is 15.1. The van der Waals surface area contributed by atoms with Gasteiger partial charge in [-0.15, -0.1) is 0 Å². The highest BCUT2D eigenvalue weighted by Gasteiger charge is 2.02. The molecule has 2 rings (SSSR count). The van der Waals surface area contributed by atoms with Gasteiger partial charge in [-0.25, -0.2) is 0 Å². The van der Waals surface area contributed by atoms with Crippen molar-refractivity contribution in [2.75, 3.05) is 12.4 Å². The van der Waals surface area contributed by atoms with Gasteiger partial charge >= 0.3 is 0 Å². The molecule has 0 unspecified atom stereocenters. The lowest BCUT2D eigenvalue weighted by Crippen LogP contribution is -2.24. The van der Waals surface area contributed by atoms with Crippen LogP contribution in [-0.2, 0) is 0 Å². The fraction of sp³-hybridized carbons (Fsp3) is 0.125. The Bertz CT molecular complexity index is 638. The number of hydrogen-bond acceptors (Lipinski definition) is 3. The molecule has 2 aromatic rings. The molecule has 0 aromatic heterocycles. The molecule has 0 bridgehead atoms. The van der Waals surface area contributed by atoms with Gasteiger partial charge in [0.1, 0.15) is 5.75 Å². The van der Waals surface area contributed by atoms with Gasteiger partial charge in [-0.2, -0.15) is 5.10 Å². The van der Waals surface area contributed by atoms with Crippen LogP contribution in [-0.4, -0.2) is 18.4 Å². The van der Waals surface area contributed by atoms with Crippen molar-refractivity contribution in [1.29, 1.82) is 0 Å². The first-order valence-corrected chi connectivity index (χ1v) is 6.89. The minimum atomic E-state index is 0.405. The number of thiocarbonyl (C=S) groups is 1. The van der Waals surface area contributed by atoms with Gasteiger partial charge < -0.3 is 10.1 Å². The van der Waals surface area contributed by atoms with Crippen LogP contribution >= 0.6 is 12.2 Å². The summed E-state index contributed by atoms with van der Waals surface area (Å²) in [5, 5.41) is 7.55. The summed E-state index contributed by atoms with van der Waals surface area (Å²) in [7, 11) is 1.62. The van der Waals surface area contributed by atoms with Crippen molar-refractivity contribution in [3.05, 3.63) is 59.7 Å². The van der Waals surface area contributed by atoms with E-state index < -0.39 is 0 Å². The lowest BCUT2D eigenvalue weighted by atomic mass is 10.2.